The highest BCUT2D eigenvalue weighted by Crippen LogP contribution is 2.40. The Bertz CT molecular complexity index is 4460. The van der Waals surface area contributed by atoms with Gasteiger partial charge in [0.2, 0.25) is 0 Å². The summed E-state index contributed by atoms with van der Waals surface area (Å²) in [5.41, 5.74) is 17.1. The molecule has 0 fully saturated rings. The Morgan fingerprint density at radius 1 is 0.333 bits per heavy atom. The van der Waals surface area contributed by atoms with Gasteiger partial charge in [-0.05, 0) is 174 Å². The number of halogens is 1. The van der Waals surface area contributed by atoms with E-state index in [2.05, 4.69) is 203 Å². The first kappa shape index (κ1) is 71.1. The Morgan fingerprint density at radius 2 is 0.677 bits per heavy atom. The highest BCUT2D eigenvalue weighted by molar-refractivity contribution is 5.82. The lowest BCUT2D eigenvalue weighted by Crippen LogP contribution is -2.21. The number of para-hydroxylation sites is 2. The molecule has 0 saturated heterocycles. The molecule has 13 rings (SSSR count). The van der Waals surface area contributed by atoms with Crippen LogP contribution in [-0.2, 0) is 5.54 Å². The number of aromatic nitrogens is 5. The Hall–Kier alpha value is -12.2. The molecule has 5 aromatic heterocycles. The van der Waals surface area contributed by atoms with Crippen LogP contribution in [0.4, 0.5) is 15.8 Å². The number of aliphatic imine (C=N–C) groups is 5. The van der Waals surface area contributed by atoms with Crippen molar-refractivity contribution in [2.45, 2.75) is 59.2 Å². The Kier molecular flexibility index (Phi) is 27.6. The lowest BCUT2D eigenvalue weighted by molar-refractivity contribution is 0.533. The van der Waals surface area contributed by atoms with E-state index >= 15 is 0 Å². The van der Waals surface area contributed by atoms with Crippen molar-refractivity contribution in [2.75, 3.05) is 0 Å². The second kappa shape index (κ2) is 38.4. The standard InChI is InChI=1S/C33H28N2.C20H18N2.C12H9FN2.C12H10N2.C11H16N2/c1-24-13-3-5-16-27(24)29-18-7-9-20-31(29)33(35-23-26-15-11-12-22-34-26)32-21-10-8-19-30(32)28-17-6-4-14-25(28)2;1-20(17-10-4-2-5-11-17,18-12-6-3-7-13-18)22-16-19-14-8-9-15-21-19;13-11-6-1-2-7-12(11)15-9-10-5-3-4-8-14-10;1-2-6-11(7-3-1)14-10-12-8-4-5-9-13-12;1-9(2)10(3)13-8-11-6-4-5-7-12-11/h3-23,33H,1-2H3;2-16H,1H3;1-9H;1-10H;4-10H,1-3H3/t;;;;10-/m....0/s1. The van der Waals surface area contributed by atoms with E-state index in [4.69, 9.17) is 9.98 Å². The number of aryl methyl sites for hydroxylation is 2. The fourth-order valence-electron chi connectivity index (χ4n) is 10.2. The van der Waals surface area contributed by atoms with E-state index in [-0.39, 0.29) is 11.9 Å². The molecule has 0 aliphatic heterocycles. The van der Waals surface area contributed by atoms with Crippen molar-refractivity contribution >= 4 is 42.4 Å². The van der Waals surface area contributed by atoms with E-state index in [0.29, 0.717) is 23.3 Å². The lowest BCUT2D eigenvalue weighted by atomic mass is 9.85. The molecule has 0 N–H and O–H groups in total. The summed E-state index contributed by atoms with van der Waals surface area (Å²) < 4.78 is 13.2. The Balaban J connectivity index is 0.000000154. The van der Waals surface area contributed by atoms with Gasteiger partial charge in [0, 0.05) is 55.7 Å². The predicted octanol–water partition coefficient (Wildman–Crippen LogP) is 21.1. The molecule has 11 heteroatoms. The zero-order valence-electron chi connectivity index (χ0n) is 56.7. The summed E-state index contributed by atoms with van der Waals surface area (Å²) in [6.07, 6.45) is 17.7. The van der Waals surface area contributed by atoms with E-state index in [1.807, 2.05) is 176 Å². The fraction of sp³-hybridized carbons (Fsp3) is 0.114. The first-order valence-electron chi connectivity index (χ1n) is 33.0. The third-order valence-corrected chi connectivity index (χ3v) is 16.0. The minimum Gasteiger partial charge on any atom is -0.288 e. The van der Waals surface area contributed by atoms with Gasteiger partial charge in [0.25, 0.3) is 0 Å². The Morgan fingerprint density at radius 3 is 1.09 bits per heavy atom. The summed E-state index contributed by atoms with van der Waals surface area (Å²) in [5, 5.41) is 0. The zero-order valence-corrected chi connectivity index (χ0v) is 56.7. The second-order valence-electron chi connectivity index (χ2n) is 23.4. The van der Waals surface area contributed by atoms with Crippen LogP contribution in [0.25, 0.3) is 22.3 Å². The average Bonchev–Trinajstić information content (AvgIpc) is 0.792. The molecule has 0 aliphatic carbocycles. The third kappa shape index (κ3) is 22.2. The van der Waals surface area contributed by atoms with Gasteiger partial charge in [-0.25, -0.2) is 4.39 Å². The minimum absolute atomic E-state index is 0.191. The quantitative estimate of drug-likeness (QED) is 0.0839. The van der Waals surface area contributed by atoms with E-state index in [1.165, 1.54) is 50.6 Å². The second-order valence-corrected chi connectivity index (χ2v) is 23.4. The maximum Gasteiger partial charge on any atom is 0.148 e. The lowest BCUT2D eigenvalue weighted by Gasteiger charge is -2.26. The molecule has 13 aromatic rings. The predicted molar refractivity (Wildman–Crippen MR) is 410 cm³/mol. The van der Waals surface area contributed by atoms with Crippen LogP contribution in [0.2, 0.25) is 0 Å². The summed E-state index contributed by atoms with van der Waals surface area (Å²) in [5.74, 6) is 0.254. The van der Waals surface area contributed by atoms with E-state index in [0.717, 1.165) is 39.6 Å². The molecule has 8 aromatic carbocycles. The van der Waals surface area contributed by atoms with Crippen molar-refractivity contribution in [1.29, 1.82) is 0 Å². The van der Waals surface area contributed by atoms with Gasteiger partial charge < -0.3 is 0 Å². The summed E-state index contributed by atoms with van der Waals surface area (Å²) in [7, 11) is 0. The maximum atomic E-state index is 13.2. The van der Waals surface area contributed by atoms with E-state index in [1.54, 1.807) is 61.6 Å². The van der Waals surface area contributed by atoms with Crippen LogP contribution in [0.3, 0.4) is 0 Å². The third-order valence-electron chi connectivity index (χ3n) is 16.0. The zero-order chi connectivity index (χ0) is 69.1. The van der Waals surface area contributed by atoms with Gasteiger partial charge in [-0.2, -0.15) is 0 Å². The van der Waals surface area contributed by atoms with Crippen LogP contribution in [0.5, 0.6) is 0 Å². The molecule has 99 heavy (non-hydrogen) atoms. The van der Waals surface area contributed by atoms with Crippen molar-refractivity contribution in [3.05, 3.63) is 402 Å². The van der Waals surface area contributed by atoms with Crippen LogP contribution < -0.4 is 0 Å². The number of nitrogens with zero attached hydrogens (tertiary/aromatic N) is 10. The number of benzene rings is 8. The molecule has 0 amide bonds. The van der Waals surface area contributed by atoms with Gasteiger partial charge >= 0.3 is 0 Å². The van der Waals surface area contributed by atoms with Gasteiger partial charge in [-0.3, -0.25) is 49.9 Å². The Labute approximate surface area is 582 Å². The van der Waals surface area contributed by atoms with Gasteiger partial charge in [0.1, 0.15) is 17.4 Å². The molecular formula is C88H81FN10. The van der Waals surface area contributed by atoms with Crippen LogP contribution >= 0.6 is 0 Å². The number of pyridine rings is 5. The molecule has 5 heterocycles. The SMILES string of the molecule is C(=Nc1ccccc1)c1ccccn1.CC(C)[C@H](C)N=Cc1ccccn1.CC(N=Cc1ccccn1)(c1ccccc1)c1ccccc1.Cc1ccccc1-c1ccccc1C(N=Cc1ccccn1)c1ccccc1-c1ccccc1C.Fc1ccccc1N=Cc1ccccn1. The highest BCUT2D eigenvalue weighted by Gasteiger charge is 2.27. The summed E-state index contributed by atoms with van der Waals surface area (Å²) in [6, 6.07) is 100. The van der Waals surface area contributed by atoms with Crippen LogP contribution in [0.1, 0.15) is 95.6 Å². The first-order chi connectivity index (χ1) is 48.5. The molecule has 0 aliphatic rings. The molecule has 490 valence electrons. The topological polar surface area (TPSA) is 126 Å². The fourth-order valence-corrected chi connectivity index (χ4v) is 10.2. The smallest absolute Gasteiger partial charge is 0.148 e. The summed E-state index contributed by atoms with van der Waals surface area (Å²) >= 11 is 0. The van der Waals surface area contributed by atoms with Crippen molar-refractivity contribution in [3.8, 4) is 22.3 Å². The molecule has 0 spiro atoms. The molecule has 0 bridgehead atoms. The van der Waals surface area contributed by atoms with Gasteiger partial charge in [0.05, 0.1) is 52.3 Å². The summed E-state index contributed by atoms with van der Waals surface area (Å²) in [6.45, 7) is 12.9. The summed E-state index contributed by atoms with van der Waals surface area (Å²) in [4.78, 5) is 43.9. The molecule has 0 unspecified atom stereocenters. The van der Waals surface area contributed by atoms with Gasteiger partial charge in [0.15, 0.2) is 0 Å². The van der Waals surface area contributed by atoms with Crippen molar-refractivity contribution in [1.82, 2.24) is 24.9 Å². The maximum absolute atomic E-state index is 13.2. The van der Waals surface area contributed by atoms with E-state index in [9.17, 15) is 4.39 Å². The van der Waals surface area contributed by atoms with Gasteiger partial charge in [-0.1, -0.05) is 232 Å². The van der Waals surface area contributed by atoms with Crippen molar-refractivity contribution < 1.29 is 4.39 Å². The van der Waals surface area contributed by atoms with Crippen LogP contribution in [0.15, 0.2) is 359 Å². The highest BCUT2D eigenvalue weighted by atomic mass is 19.1. The molecule has 0 radical (unpaired) electrons. The average molecular weight is 1300 g/mol. The van der Waals surface area contributed by atoms with Gasteiger partial charge in [-0.15, -0.1) is 0 Å². The van der Waals surface area contributed by atoms with Crippen molar-refractivity contribution in [3.63, 3.8) is 0 Å². The molecule has 0 saturated carbocycles. The van der Waals surface area contributed by atoms with E-state index < -0.39 is 5.54 Å². The molecule has 1 atom stereocenters. The number of rotatable bonds is 17. The molecule has 10 nitrogen and oxygen atoms in total. The normalized spacial score (nSPS) is 11.5. The minimum atomic E-state index is -0.431. The molecular weight excluding hydrogens is 1220 g/mol. The van der Waals surface area contributed by atoms with Crippen LogP contribution in [0, 0.1) is 25.6 Å². The monoisotopic (exact) mass is 1300 g/mol. The van der Waals surface area contributed by atoms with Crippen LogP contribution in [-0.4, -0.2) is 62.0 Å². The number of hydrogen-bond donors (Lipinski definition) is 0. The number of hydrogen-bond acceptors (Lipinski definition) is 10. The largest absolute Gasteiger partial charge is 0.288 e. The first-order valence-corrected chi connectivity index (χ1v) is 33.0. The van der Waals surface area contributed by atoms with Crippen molar-refractivity contribution in [2.24, 2.45) is 30.9 Å².